The summed E-state index contributed by atoms with van der Waals surface area (Å²) in [6, 6.07) is 5.34. The first kappa shape index (κ1) is 15.0. The minimum Gasteiger partial charge on any atom is -0.399 e. The third-order valence-corrected chi connectivity index (χ3v) is 3.94. The van der Waals surface area contributed by atoms with Gasteiger partial charge >= 0.3 is 7.12 Å². The Morgan fingerprint density at radius 1 is 1.20 bits per heavy atom. The van der Waals surface area contributed by atoms with Crippen LogP contribution in [0.15, 0.2) is 18.2 Å². The summed E-state index contributed by atoms with van der Waals surface area (Å²) in [6.07, 6.45) is 0.773. The summed E-state index contributed by atoms with van der Waals surface area (Å²) in [7, 11) is 1.04. The van der Waals surface area contributed by atoms with Crippen LogP contribution in [0, 0.1) is 0 Å². The number of carbonyl (C=O) groups is 1. The Hall–Kier alpha value is -1.37. The lowest BCUT2D eigenvalue weighted by Gasteiger charge is -2.32. The van der Waals surface area contributed by atoms with Crippen molar-refractivity contribution in [1.29, 1.82) is 0 Å². The van der Waals surface area contributed by atoms with Gasteiger partial charge in [0.1, 0.15) is 0 Å². The highest BCUT2D eigenvalue weighted by Crippen LogP contribution is 2.36. The van der Waals surface area contributed by atoms with Gasteiger partial charge in [0, 0.05) is 5.56 Å². The maximum atomic E-state index is 11.0. The van der Waals surface area contributed by atoms with Gasteiger partial charge in [-0.1, -0.05) is 6.07 Å². The summed E-state index contributed by atoms with van der Waals surface area (Å²) in [5, 5.41) is 0. The summed E-state index contributed by atoms with van der Waals surface area (Å²) in [5.74, 6) is 0. The normalized spacial score (nSPS) is 19.9. The van der Waals surface area contributed by atoms with E-state index in [1.807, 2.05) is 33.8 Å². The molecule has 0 spiro atoms. The molecule has 0 atom stereocenters. The summed E-state index contributed by atoms with van der Waals surface area (Å²) >= 11 is 0. The van der Waals surface area contributed by atoms with E-state index in [1.54, 1.807) is 12.1 Å². The van der Waals surface area contributed by atoms with Gasteiger partial charge in [-0.25, -0.2) is 0 Å². The number of hydrogen-bond donors (Lipinski definition) is 1. The fourth-order valence-corrected chi connectivity index (χ4v) is 2.00. The van der Waals surface area contributed by atoms with Gasteiger partial charge in [-0.15, -0.1) is 0 Å². The Balaban J connectivity index is 2.31. The average molecular weight is 277 g/mol. The number of anilines is 1. The summed E-state index contributed by atoms with van der Waals surface area (Å²) in [5.41, 5.74) is 3.86. The Labute approximate surface area is 119 Å². The number of rotatable bonds is 4. The molecule has 108 valence electrons. The van der Waals surface area contributed by atoms with E-state index >= 15 is 0 Å². The lowest BCUT2D eigenvalue weighted by atomic mass is 9.78. The molecule has 1 N–H and O–H groups in total. The highest BCUT2D eigenvalue weighted by molar-refractivity contribution is 6.62. The number of benzene rings is 1. The van der Waals surface area contributed by atoms with Gasteiger partial charge in [-0.05, 0) is 45.3 Å². The maximum absolute atomic E-state index is 11.0. The standard InChI is InChI=1S/C14H20BNO4/c1-13(2)14(3,4)20-15(19-13)11-7-6-10(9-17)12(8-11)16-18-5/h6-9,16H,1-5H3. The van der Waals surface area contributed by atoms with Gasteiger partial charge in [0.2, 0.25) is 0 Å². The zero-order valence-electron chi connectivity index (χ0n) is 12.5. The third-order valence-electron chi connectivity index (χ3n) is 3.94. The maximum Gasteiger partial charge on any atom is 0.494 e. The highest BCUT2D eigenvalue weighted by atomic mass is 16.7. The molecule has 20 heavy (non-hydrogen) atoms. The highest BCUT2D eigenvalue weighted by Gasteiger charge is 2.51. The molecule has 1 aromatic rings. The predicted molar refractivity (Wildman–Crippen MR) is 78.2 cm³/mol. The fraction of sp³-hybridized carbons (Fsp3) is 0.500. The summed E-state index contributed by atoms with van der Waals surface area (Å²) < 4.78 is 12.0. The third kappa shape index (κ3) is 2.59. The molecule has 0 aliphatic carbocycles. The predicted octanol–water partition coefficient (Wildman–Crippen LogP) is 1.77. The van der Waals surface area contributed by atoms with Gasteiger partial charge in [-0.3, -0.25) is 15.1 Å². The molecular formula is C14H20BNO4. The van der Waals surface area contributed by atoms with E-state index in [0.717, 1.165) is 11.7 Å². The van der Waals surface area contributed by atoms with Crippen LogP contribution >= 0.6 is 0 Å². The van der Waals surface area contributed by atoms with Gasteiger partial charge in [-0.2, -0.15) is 0 Å². The molecule has 1 heterocycles. The number of carbonyl (C=O) groups excluding carboxylic acids is 1. The second-order valence-electron chi connectivity index (χ2n) is 5.86. The molecule has 0 amide bonds. The molecule has 0 aromatic heterocycles. The zero-order chi connectivity index (χ0) is 15.0. The molecule has 0 bridgehead atoms. The summed E-state index contributed by atoms with van der Waals surface area (Å²) in [4.78, 5) is 15.9. The zero-order valence-corrected chi connectivity index (χ0v) is 12.5. The Morgan fingerprint density at radius 3 is 2.30 bits per heavy atom. The van der Waals surface area contributed by atoms with E-state index in [9.17, 15) is 4.79 Å². The van der Waals surface area contributed by atoms with Crippen molar-refractivity contribution >= 4 is 24.6 Å². The first-order valence-electron chi connectivity index (χ1n) is 6.54. The van der Waals surface area contributed by atoms with Crippen molar-refractivity contribution in [3.05, 3.63) is 23.8 Å². The molecule has 0 radical (unpaired) electrons. The van der Waals surface area contributed by atoms with Gasteiger partial charge < -0.3 is 9.31 Å². The van der Waals surface area contributed by atoms with E-state index in [0.29, 0.717) is 11.3 Å². The minimum absolute atomic E-state index is 0.393. The van der Waals surface area contributed by atoms with Crippen molar-refractivity contribution in [3.63, 3.8) is 0 Å². The van der Waals surface area contributed by atoms with E-state index in [4.69, 9.17) is 14.1 Å². The average Bonchev–Trinajstić information content (AvgIpc) is 2.59. The SMILES string of the molecule is CONc1cc(B2OC(C)(C)C(C)(C)O2)ccc1C=O. The largest absolute Gasteiger partial charge is 0.494 e. The molecule has 1 saturated heterocycles. The first-order chi connectivity index (χ1) is 9.30. The Morgan fingerprint density at radius 2 is 1.80 bits per heavy atom. The van der Waals surface area contributed by atoms with E-state index in [2.05, 4.69) is 5.48 Å². The number of nitrogens with one attached hydrogen (secondary N) is 1. The van der Waals surface area contributed by atoms with Crippen LogP contribution in [0.25, 0.3) is 0 Å². The molecule has 6 heteroatoms. The van der Waals surface area contributed by atoms with Gasteiger partial charge in [0.05, 0.1) is 24.0 Å². The van der Waals surface area contributed by atoms with Crippen LogP contribution in [0.5, 0.6) is 0 Å². The van der Waals surface area contributed by atoms with Crippen molar-refractivity contribution in [1.82, 2.24) is 0 Å². The van der Waals surface area contributed by atoms with Crippen LogP contribution < -0.4 is 10.9 Å². The van der Waals surface area contributed by atoms with Crippen LogP contribution in [0.2, 0.25) is 0 Å². The van der Waals surface area contributed by atoms with Crippen molar-refractivity contribution in [3.8, 4) is 0 Å². The van der Waals surface area contributed by atoms with E-state index < -0.39 is 18.3 Å². The quantitative estimate of drug-likeness (QED) is 0.516. The second-order valence-corrected chi connectivity index (χ2v) is 5.86. The van der Waals surface area contributed by atoms with Crippen LogP contribution in [0.1, 0.15) is 38.1 Å². The van der Waals surface area contributed by atoms with Crippen molar-refractivity contribution < 1.29 is 18.9 Å². The number of hydrogen-bond acceptors (Lipinski definition) is 5. The molecule has 5 nitrogen and oxygen atoms in total. The van der Waals surface area contributed by atoms with Crippen molar-refractivity contribution in [2.24, 2.45) is 0 Å². The van der Waals surface area contributed by atoms with Crippen LogP contribution in [-0.2, 0) is 14.1 Å². The topological polar surface area (TPSA) is 56.8 Å². The van der Waals surface area contributed by atoms with Crippen LogP contribution in [0.4, 0.5) is 5.69 Å². The van der Waals surface area contributed by atoms with Crippen LogP contribution in [0.3, 0.4) is 0 Å². The lowest BCUT2D eigenvalue weighted by Crippen LogP contribution is -2.41. The molecule has 1 aliphatic heterocycles. The molecule has 0 saturated carbocycles. The lowest BCUT2D eigenvalue weighted by molar-refractivity contribution is 0.00578. The van der Waals surface area contributed by atoms with Crippen molar-refractivity contribution in [2.45, 2.75) is 38.9 Å². The molecule has 1 fully saturated rings. The van der Waals surface area contributed by atoms with E-state index in [1.165, 1.54) is 7.11 Å². The Kier molecular flexibility index (Phi) is 3.91. The Bertz CT molecular complexity index is 500. The molecule has 2 rings (SSSR count). The van der Waals surface area contributed by atoms with Gasteiger partial charge in [0.15, 0.2) is 6.29 Å². The fourth-order valence-electron chi connectivity index (χ4n) is 2.00. The van der Waals surface area contributed by atoms with Crippen molar-refractivity contribution in [2.75, 3.05) is 12.6 Å². The first-order valence-corrected chi connectivity index (χ1v) is 6.54. The van der Waals surface area contributed by atoms with Gasteiger partial charge in [0.25, 0.3) is 0 Å². The number of aldehydes is 1. The monoisotopic (exact) mass is 277 g/mol. The van der Waals surface area contributed by atoms with Crippen LogP contribution in [-0.4, -0.2) is 31.7 Å². The summed E-state index contributed by atoms with van der Waals surface area (Å²) in [6.45, 7) is 8.00. The molecule has 1 aromatic carbocycles. The molecule has 1 aliphatic rings. The minimum atomic E-state index is -0.460. The molecular weight excluding hydrogens is 257 g/mol. The molecule has 0 unspecified atom stereocenters. The second kappa shape index (κ2) is 5.20. The van der Waals surface area contributed by atoms with E-state index in [-0.39, 0.29) is 0 Å². The smallest absolute Gasteiger partial charge is 0.399 e.